The van der Waals surface area contributed by atoms with Gasteiger partial charge in [-0.3, -0.25) is 0 Å². The van der Waals surface area contributed by atoms with Gasteiger partial charge in [0.2, 0.25) is 0 Å². The minimum atomic E-state index is -0.230. The topological polar surface area (TPSA) is 0 Å². The van der Waals surface area contributed by atoms with Gasteiger partial charge in [0.15, 0.2) is 0 Å². The first-order valence-corrected chi connectivity index (χ1v) is 7.52. The Balaban J connectivity index is 2.40. The Hall–Kier alpha value is -1.34. The van der Waals surface area contributed by atoms with Gasteiger partial charge >= 0.3 is 0 Å². The Morgan fingerprint density at radius 3 is 2.30 bits per heavy atom. The van der Waals surface area contributed by atoms with Crippen molar-refractivity contribution in [3.8, 4) is 0 Å². The summed E-state index contributed by atoms with van der Waals surface area (Å²) in [5.41, 5.74) is 5.66. The van der Waals surface area contributed by atoms with Gasteiger partial charge in [-0.15, -0.1) is 11.6 Å². The minimum absolute atomic E-state index is 0.217. The van der Waals surface area contributed by atoms with Crippen molar-refractivity contribution in [1.29, 1.82) is 0 Å². The first-order chi connectivity index (χ1) is 9.56. The lowest BCUT2D eigenvalue weighted by molar-refractivity contribution is 0.625. The van der Waals surface area contributed by atoms with Gasteiger partial charge in [0.05, 0.1) is 5.38 Å². The molecule has 0 amide bonds. The van der Waals surface area contributed by atoms with Crippen LogP contribution in [0.15, 0.2) is 36.4 Å². The van der Waals surface area contributed by atoms with Crippen molar-refractivity contribution in [3.05, 3.63) is 70.0 Å². The molecule has 0 saturated heterocycles. The monoisotopic (exact) mass is 290 g/mol. The van der Waals surface area contributed by atoms with E-state index in [4.69, 9.17) is 11.6 Å². The van der Waals surface area contributed by atoms with Crippen molar-refractivity contribution in [2.24, 2.45) is 0 Å². The van der Waals surface area contributed by atoms with Crippen LogP contribution in [0.2, 0.25) is 0 Å². The summed E-state index contributed by atoms with van der Waals surface area (Å²) >= 11 is 6.59. The molecule has 2 aromatic carbocycles. The van der Waals surface area contributed by atoms with E-state index in [1.807, 2.05) is 6.92 Å². The lowest BCUT2D eigenvalue weighted by Crippen LogP contribution is -2.00. The second kappa shape index (κ2) is 6.41. The molecule has 0 bridgehead atoms. The van der Waals surface area contributed by atoms with Gasteiger partial charge in [0.1, 0.15) is 5.82 Å². The highest BCUT2D eigenvalue weighted by molar-refractivity contribution is 6.22. The summed E-state index contributed by atoms with van der Waals surface area (Å²) < 4.78 is 13.2. The maximum Gasteiger partial charge on any atom is 0.123 e. The van der Waals surface area contributed by atoms with Gasteiger partial charge in [-0.25, -0.2) is 4.39 Å². The largest absolute Gasteiger partial charge is 0.207 e. The van der Waals surface area contributed by atoms with Crippen LogP contribution in [0.4, 0.5) is 4.39 Å². The lowest BCUT2D eigenvalue weighted by Gasteiger charge is -2.16. The zero-order valence-corrected chi connectivity index (χ0v) is 13.0. The molecule has 0 saturated carbocycles. The number of aryl methyl sites for hydroxylation is 3. The number of benzene rings is 2. The van der Waals surface area contributed by atoms with Gasteiger partial charge < -0.3 is 0 Å². The summed E-state index contributed by atoms with van der Waals surface area (Å²) in [5.74, 6) is -0.217. The van der Waals surface area contributed by atoms with Gasteiger partial charge in [0, 0.05) is 0 Å². The van der Waals surface area contributed by atoms with Crippen LogP contribution in [0, 0.1) is 12.7 Å². The summed E-state index contributed by atoms with van der Waals surface area (Å²) in [7, 11) is 0. The molecule has 0 nitrogen and oxygen atoms in total. The molecule has 2 rings (SSSR count). The molecule has 0 radical (unpaired) electrons. The van der Waals surface area contributed by atoms with E-state index in [0.717, 1.165) is 29.5 Å². The van der Waals surface area contributed by atoms with E-state index in [1.54, 1.807) is 6.07 Å². The molecule has 106 valence electrons. The predicted molar refractivity (Wildman–Crippen MR) is 84.0 cm³/mol. The molecular weight excluding hydrogens is 271 g/mol. The lowest BCUT2D eigenvalue weighted by atomic mass is 9.95. The standard InChI is InChI=1S/C18H20ClF/c1-4-13-6-7-15(11-14(13)5-2)18(19)17-9-8-16(20)10-12(17)3/h6-11,18H,4-5H2,1-3H3. The number of hydrogen-bond acceptors (Lipinski definition) is 0. The van der Waals surface area contributed by atoms with Crippen molar-refractivity contribution in [1.82, 2.24) is 0 Å². The second-order valence-corrected chi connectivity index (χ2v) is 5.54. The maximum atomic E-state index is 13.2. The highest BCUT2D eigenvalue weighted by atomic mass is 35.5. The zero-order valence-electron chi connectivity index (χ0n) is 12.2. The third kappa shape index (κ3) is 3.04. The molecule has 0 fully saturated rings. The number of halogens is 2. The molecule has 1 unspecified atom stereocenters. The Morgan fingerprint density at radius 1 is 1.00 bits per heavy atom. The van der Waals surface area contributed by atoms with Gasteiger partial charge in [-0.05, 0) is 59.7 Å². The van der Waals surface area contributed by atoms with Gasteiger partial charge in [-0.1, -0.05) is 38.1 Å². The number of hydrogen-bond donors (Lipinski definition) is 0. The van der Waals surface area contributed by atoms with E-state index in [-0.39, 0.29) is 11.2 Å². The SMILES string of the molecule is CCc1ccc(C(Cl)c2ccc(F)cc2C)cc1CC. The summed E-state index contributed by atoms with van der Waals surface area (Å²) in [4.78, 5) is 0. The number of rotatable bonds is 4. The summed E-state index contributed by atoms with van der Waals surface area (Å²) in [6, 6.07) is 11.2. The highest BCUT2D eigenvalue weighted by Crippen LogP contribution is 2.32. The van der Waals surface area contributed by atoms with Crippen molar-refractivity contribution < 1.29 is 4.39 Å². The third-order valence-electron chi connectivity index (χ3n) is 3.79. The Labute approximate surface area is 125 Å². The molecule has 1 atom stereocenters. The predicted octanol–water partition coefficient (Wildman–Crippen LogP) is 5.59. The molecule has 0 aromatic heterocycles. The van der Waals surface area contributed by atoms with E-state index in [1.165, 1.54) is 23.3 Å². The van der Waals surface area contributed by atoms with Crippen molar-refractivity contribution in [2.75, 3.05) is 0 Å². The molecule has 20 heavy (non-hydrogen) atoms. The van der Waals surface area contributed by atoms with Crippen molar-refractivity contribution in [2.45, 2.75) is 39.0 Å². The van der Waals surface area contributed by atoms with E-state index in [2.05, 4.69) is 32.0 Å². The van der Waals surface area contributed by atoms with Crippen LogP contribution < -0.4 is 0 Å². The van der Waals surface area contributed by atoms with E-state index < -0.39 is 0 Å². The van der Waals surface area contributed by atoms with Crippen LogP contribution in [-0.4, -0.2) is 0 Å². The zero-order chi connectivity index (χ0) is 14.7. The average Bonchev–Trinajstić information content (AvgIpc) is 2.45. The van der Waals surface area contributed by atoms with Crippen molar-refractivity contribution >= 4 is 11.6 Å². The van der Waals surface area contributed by atoms with Crippen LogP contribution in [0.25, 0.3) is 0 Å². The minimum Gasteiger partial charge on any atom is -0.207 e. The normalized spacial score (nSPS) is 12.4. The molecule has 2 aromatic rings. The molecule has 0 spiro atoms. The molecular formula is C18H20ClF. The van der Waals surface area contributed by atoms with Crippen LogP contribution in [0.3, 0.4) is 0 Å². The first kappa shape index (κ1) is 15.1. The van der Waals surface area contributed by atoms with Gasteiger partial charge in [-0.2, -0.15) is 0 Å². The second-order valence-electron chi connectivity index (χ2n) is 5.10. The molecule has 0 aliphatic rings. The van der Waals surface area contributed by atoms with Gasteiger partial charge in [0.25, 0.3) is 0 Å². The summed E-state index contributed by atoms with van der Waals surface area (Å²) in [6.07, 6.45) is 2.04. The fourth-order valence-electron chi connectivity index (χ4n) is 2.58. The Morgan fingerprint density at radius 2 is 1.70 bits per heavy atom. The van der Waals surface area contributed by atoms with E-state index in [0.29, 0.717) is 0 Å². The van der Waals surface area contributed by atoms with Crippen LogP contribution in [-0.2, 0) is 12.8 Å². The van der Waals surface area contributed by atoms with E-state index >= 15 is 0 Å². The first-order valence-electron chi connectivity index (χ1n) is 7.08. The molecule has 0 aliphatic carbocycles. The van der Waals surface area contributed by atoms with Crippen LogP contribution in [0.5, 0.6) is 0 Å². The fourth-order valence-corrected chi connectivity index (χ4v) is 2.96. The van der Waals surface area contributed by atoms with Crippen LogP contribution in [0.1, 0.15) is 47.0 Å². The molecule has 2 heteroatoms. The molecule has 0 aliphatic heterocycles. The Kier molecular flexibility index (Phi) is 4.82. The highest BCUT2D eigenvalue weighted by Gasteiger charge is 2.15. The summed E-state index contributed by atoms with van der Waals surface area (Å²) in [6.45, 7) is 6.22. The quantitative estimate of drug-likeness (QED) is 0.644. The molecule has 0 N–H and O–H groups in total. The fraction of sp³-hybridized carbons (Fsp3) is 0.333. The Bertz CT molecular complexity index is 604. The maximum absolute atomic E-state index is 13.2. The average molecular weight is 291 g/mol. The van der Waals surface area contributed by atoms with Crippen molar-refractivity contribution in [3.63, 3.8) is 0 Å². The van der Waals surface area contributed by atoms with E-state index in [9.17, 15) is 4.39 Å². The smallest absolute Gasteiger partial charge is 0.123 e. The van der Waals surface area contributed by atoms with Crippen LogP contribution >= 0.6 is 11.6 Å². The molecule has 0 heterocycles. The number of alkyl halides is 1. The third-order valence-corrected chi connectivity index (χ3v) is 4.28. The summed E-state index contributed by atoms with van der Waals surface area (Å²) in [5, 5.41) is -0.230.